The number of aromatic nitrogens is 2. The molecule has 0 saturated heterocycles. The average molecular weight is 187 g/mol. The molecule has 0 fully saturated rings. The lowest BCUT2D eigenvalue weighted by Crippen LogP contribution is -2.18. The van der Waals surface area contributed by atoms with E-state index < -0.39 is 0 Å². The maximum atomic E-state index is 5.27. The van der Waals surface area contributed by atoms with Crippen LogP contribution < -0.4 is 11.3 Å². The van der Waals surface area contributed by atoms with E-state index >= 15 is 0 Å². The van der Waals surface area contributed by atoms with Crippen LogP contribution >= 0.6 is 11.5 Å². The standard InChI is InChI=1S/C6H13N5S/c1-3-11(2)4-5-6(8-7)12-10-9-5/h8H,3-4,7H2,1-2H3. The first-order chi connectivity index (χ1) is 5.77. The first kappa shape index (κ1) is 9.37. The second-order valence-electron chi connectivity index (χ2n) is 2.52. The van der Waals surface area contributed by atoms with Gasteiger partial charge in [-0.25, -0.2) is 5.84 Å². The van der Waals surface area contributed by atoms with Crippen molar-refractivity contribution in [1.29, 1.82) is 0 Å². The highest BCUT2D eigenvalue weighted by molar-refractivity contribution is 7.10. The summed E-state index contributed by atoms with van der Waals surface area (Å²) in [6, 6.07) is 0. The summed E-state index contributed by atoms with van der Waals surface area (Å²) in [4.78, 5) is 2.14. The summed E-state index contributed by atoms with van der Waals surface area (Å²) in [6.45, 7) is 3.86. The molecule has 0 unspecified atom stereocenters. The molecule has 3 N–H and O–H groups in total. The van der Waals surface area contributed by atoms with Crippen LogP contribution in [-0.4, -0.2) is 28.1 Å². The number of hydrogen-bond acceptors (Lipinski definition) is 6. The van der Waals surface area contributed by atoms with Crippen molar-refractivity contribution in [2.75, 3.05) is 19.0 Å². The Morgan fingerprint density at radius 1 is 1.67 bits per heavy atom. The van der Waals surface area contributed by atoms with Gasteiger partial charge in [-0.15, -0.1) is 5.10 Å². The van der Waals surface area contributed by atoms with Gasteiger partial charge in [0.05, 0.1) is 0 Å². The Morgan fingerprint density at radius 2 is 2.42 bits per heavy atom. The third-order valence-corrected chi connectivity index (χ3v) is 2.35. The fraction of sp³-hybridized carbons (Fsp3) is 0.667. The molecule has 1 rings (SSSR count). The van der Waals surface area contributed by atoms with Gasteiger partial charge < -0.3 is 10.3 Å². The number of hydrogen-bond donors (Lipinski definition) is 2. The molecule has 0 bridgehead atoms. The number of anilines is 1. The van der Waals surface area contributed by atoms with Crippen LogP contribution in [0.3, 0.4) is 0 Å². The zero-order valence-electron chi connectivity index (χ0n) is 7.24. The van der Waals surface area contributed by atoms with Crippen LogP contribution in [0, 0.1) is 0 Å². The predicted octanol–water partition coefficient (Wildman–Crippen LogP) is 0.275. The minimum absolute atomic E-state index is 0.784. The smallest absolute Gasteiger partial charge is 0.148 e. The molecule has 12 heavy (non-hydrogen) atoms. The maximum Gasteiger partial charge on any atom is 0.148 e. The highest BCUT2D eigenvalue weighted by atomic mass is 32.1. The quantitative estimate of drug-likeness (QED) is 0.523. The Morgan fingerprint density at radius 3 is 3.00 bits per heavy atom. The monoisotopic (exact) mass is 187 g/mol. The molecule has 0 aromatic carbocycles. The van der Waals surface area contributed by atoms with E-state index in [0.29, 0.717) is 0 Å². The number of nitrogens with two attached hydrogens (primary N) is 1. The first-order valence-electron chi connectivity index (χ1n) is 3.74. The Balaban J connectivity index is 2.61. The van der Waals surface area contributed by atoms with Crippen molar-refractivity contribution < 1.29 is 0 Å². The van der Waals surface area contributed by atoms with Gasteiger partial charge in [-0.1, -0.05) is 11.4 Å². The number of rotatable bonds is 4. The van der Waals surface area contributed by atoms with E-state index in [1.807, 2.05) is 7.05 Å². The van der Waals surface area contributed by atoms with Crippen molar-refractivity contribution in [3.63, 3.8) is 0 Å². The van der Waals surface area contributed by atoms with Gasteiger partial charge in [0.1, 0.15) is 10.7 Å². The van der Waals surface area contributed by atoms with Gasteiger partial charge in [0.15, 0.2) is 0 Å². The Bertz CT molecular complexity index is 236. The van der Waals surface area contributed by atoms with Crippen molar-refractivity contribution >= 4 is 16.5 Å². The minimum atomic E-state index is 0.784. The molecule has 5 nitrogen and oxygen atoms in total. The topological polar surface area (TPSA) is 67.1 Å². The number of nitrogens with zero attached hydrogens (tertiary/aromatic N) is 3. The minimum Gasteiger partial charge on any atom is -0.313 e. The molecule has 0 amide bonds. The zero-order chi connectivity index (χ0) is 8.97. The number of nitrogen functional groups attached to an aromatic ring is 1. The van der Waals surface area contributed by atoms with Crippen molar-refractivity contribution in [1.82, 2.24) is 14.5 Å². The van der Waals surface area contributed by atoms with Crippen LogP contribution in [-0.2, 0) is 6.54 Å². The Labute approximate surface area is 75.7 Å². The molecule has 0 radical (unpaired) electrons. The third kappa shape index (κ3) is 2.13. The Hall–Kier alpha value is -0.720. The second kappa shape index (κ2) is 4.34. The van der Waals surface area contributed by atoms with Crippen LogP contribution in [0.4, 0.5) is 5.00 Å². The number of hydrazine groups is 1. The number of nitrogens with one attached hydrogen (secondary N) is 1. The SMILES string of the molecule is CCN(C)Cc1nnsc1NN. The van der Waals surface area contributed by atoms with Crippen LogP contribution in [0.2, 0.25) is 0 Å². The lowest BCUT2D eigenvalue weighted by atomic mass is 10.4. The average Bonchev–Trinajstić information content (AvgIpc) is 2.51. The van der Waals surface area contributed by atoms with Gasteiger partial charge in [-0.2, -0.15) is 0 Å². The molecule has 0 aliphatic rings. The van der Waals surface area contributed by atoms with Gasteiger partial charge >= 0.3 is 0 Å². The molecule has 0 spiro atoms. The van der Waals surface area contributed by atoms with Crippen molar-refractivity contribution in [2.45, 2.75) is 13.5 Å². The Kier molecular flexibility index (Phi) is 3.39. The van der Waals surface area contributed by atoms with E-state index in [-0.39, 0.29) is 0 Å². The van der Waals surface area contributed by atoms with Gasteiger partial charge in [0.25, 0.3) is 0 Å². The molecule has 68 valence electrons. The molecule has 0 aliphatic carbocycles. The van der Waals surface area contributed by atoms with Gasteiger partial charge in [0.2, 0.25) is 0 Å². The summed E-state index contributed by atoms with van der Waals surface area (Å²) in [6.07, 6.45) is 0. The molecular weight excluding hydrogens is 174 g/mol. The fourth-order valence-corrected chi connectivity index (χ4v) is 1.27. The lowest BCUT2D eigenvalue weighted by Gasteiger charge is -2.11. The largest absolute Gasteiger partial charge is 0.313 e. The van der Waals surface area contributed by atoms with E-state index in [9.17, 15) is 0 Å². The molecule has 6 heteroatoms. The summed E-state index contributed by atoms with van der Waals surface area (Å²) < 4.78 is 3.80. The van der Waals surface area contributed by atoms with E-state index in [2.05, 4.69) is 26.8 Å². The fourth-order valence-electron chi connectivity index (χ4n) is 0.789. The summed E-state index contributed by atoms with van der Waals surface area (Å²) in [5.74, 6) is 5.27. The molecule has 0 saturated carbocycles. The highest BCUT2D eigenvalue weighted by Crippen LogP contribution is 2.16. The van der Waals surface area contributed by atoms with E-state index in [1.54, 1.807) is 0 Å². The first-order valence-corrected chi connectivity index (χ1v) is 4.51. The predicted molar refractivity (Wildman–Crippen MR) is 49.7 cm³/mol. The van der Waals surface area contributed by atoms with Crippen LogP contribution in [0.5, 0.6) is 0 Å². The van der Waals surface area contributed by atoms with E-state index in [0.717, 1.165) is 23.8 Å². The summed E-state index contributed by atoms with van der Waals surface area (Å²) in [7, 11) is 2.03. The maximum absolute atomic E-state index is 5.27. The van der Waals surface area contributed by atoms with Crippen molar-refractivity contribution in [3.8, 4) is 0 Å². The summed E-state index contributed by atoms with van der Waals surface area (Å²) in [5.41, 5.74) is 3.48. The van der Waals surface area contributed by atoms with Crippen LogP contribution in [0.1, 0.15) is 12.6 Å². The summed E-state index contributed by atoms with van der Waals surface area (Å²) in [5, 5.41) is 4.80. The molecule has 1 aromatic heterocycles. The molecule has 0 atom stereocenters. The lowest BCUT2D eigenvalue weighted by molar-refractivity contribution is 0.341. The molecular formula is C6H13N5S. The summed E-state index contributed by atoms with van der Waals surface area (Å²) >= 11 is 1.28. The van der Waals surface area contributed by atoms with Gasteiger partial charge in [-0.3, -0.25) is 0 Å². The van der Waals surface area contributed by atoms with Crippen LogP contribution in [0.25, 0.3) is 0 Å². The van der Waals surface area contributed by atoms with Crippen molar-refractivity contribution in [3.05, 3.63) is 5.69 Å². The van der Waals surface area contributed by atoms with Gasteiger partial charge in [0, 0.05) is 18.1 Å². The van der Waals surface area contributed by atoms with Crippen LogP contribution in [0.15, 0.2) is 0 Å². The van der Waals surface area contributed by atoms with E-state index in [1.165, 1.54) is 11.5 Å². The normalized spacial score (nSPS) is 10.7. The second-order valence-corrected chi connectivity index (χ2v) is 3.28. The third-order valence-electron chi connectivity index (χ3n) is 1.65. The van der Waals surface area contributed by atoms with E-state index in [4.69, 9.17) is 5.84 Å². The zero-order valence-corrected chi connectivity index (χ0v) is 8.06. The van der Waals surface area contributed by atoms with Crippen molar-refractivity contribution in [2.24, 2.45) is 5.84 Å². The molecule has 0 aliphatic heterocycles. The molecule has 1 heterocycles. The highest BCUT2D eigenvalue weighted by Gasteiger charge is 2.07. The molecule has 1 aromatic rings. The van der Waals surface area contributed by atoms with Gasteiger partial charge in [-0.05, 0) is 13.6 Å².